The van der Waals surface area contributed by atoms with Gasteiger partial charge >= 0.3 is 0 Å². The molecule has 0 radical (unpaired) electrons. The summed E-state index contributed by atoms with van der Waals surface area (Å²) >= 11 is 0. The lowest BCUT2D eigenvalue weighted by Crippen LogP contribution is -2.38. The summed E-state index contributed by atoms with van der Waals surface area (Å²) in [6.45, 7) is 16.3. The summed E-state index contributed by atoms with van der Waals surface area (Å²) in [4.78, 5) is 2.79. The lowest BCUT2D eigenvalue weighted by molar-refractivity contribution is 0.0608. The lowest BCUT2D eigenvalue weighted by Gasteiger charge is -2.34. The van der Waals surface area contributed by atoms with E-state index in [4.69, 9.17) is 4.74 Å². The molecule has 1 heterocycles. The summed E-state index contributed by atoms with van der Waals surface area (Å²) in [5, 5.41) is 3.78. The maximum atomic E-state index is 6.12. The zero-order valence-electron chi connectivity index (χ0n) is 25.5. The number of unbranched alkanes of at least 4 members (excludes halogenated alkanes) is 10. The van der Waals surface area contributed by atoms with Gasteiger partial charge in [-0.15, -0.1) is 0 Å². The van der Waals surface area contributed by atoms with E-state index in [0.29, 0.717) is 6.04 Å². The van der Waals surface area contributed by atoms with Crippen LogP contribution in [0.25, 0.3) is 0 Å². The van der Waals surface area contributed by atoms with E-state index in [0.717, 1.165) is 38.0 Å². The Morgan fingerprint density at radius 1 is 0.694 bits per heavy atom. The SMILES string of the molecule is CCCCCCCC(CC)NCCCOCC1CCN(CC(CCCCCC)CCCCCC)CC1. The first kappa shape index (κ1) is 33.9. The highest BCUT2D eigenvalue weighted by atomic mass is 16.5. The van der Waals surface area contributed by atoms with Gasteiger partial charge in [-0.2, -0.15) is 0 Å². The summed E-state index contributed by atoms with van der Waals surface area (Å²) in [6, 6.07) is 0.707. The fourth-order valence-electron chi connectivity index (χ4n) is 5.92. The van der Waals surface area contributed by atoms with E-state index >= 15 is 0 Å². The maximum Gasteiger partial charge on any atom is 0.0495 e. The minimum atomic E-state index is 0.707. The van der Waals surface area contributed by atoms with Crippen molar-refractivity contribution in [3.8, 4) is 0 Å². The molecular formula is C33H68N2O. The molecule has 0 aromatic rings. The predicted octanol–water partition coefficient (Wildman–Crippen LogP) is 9.39. The lowest BCUT2D eigenvalue weighted by atomic mass is 9.92. The average Bonchev–Trinajstić information content (AvgIpc) is 2.90. The molecule has 1 fully saturated rings. The standard InChI is InChI=1S/C33H68N2O/c1-5-9-12-15-18-22-33(8-4)34-25-19-28-36-30-32-23-26-35(27-24-32)29-31(20-16-13-10-6-2)21-17-14-11-7-3/h31-34H,5-30H2,1-4H3. The molecule has 1 aliphatic heterocycles. The largest absolute Gasteiger partial charge is 0.381 e. The number of piperidine rings is 1. The van der Waals surface area contributed by atoms with Gasteiger partial charge in [0.2, 0.25) is 0 Å². The Morgan fingerprint density at radius 3 is 1.83 bits per heavy atom. The number of rotatable bonds is 26. The summed E-state index contributed by atoms with van der Waals surface area (Å²) in [6.07, 6.45) is 27.6. The van der Waals surface area contributed by atoms with Crippen molar-refractivity contribution in [2.75, 3.05) is 39.4 Å². The fourth-order valence-corrected chi connectivity index (χ4v) is 5.92. The third-order valence-corrected chi connectivity index (χ3v) is 8.56. The second-order valence-electron chi connectivity index (χ2n) is 12.0. The molecule has 216 valence electrons. The van der Waals surface area contributed by atoms with Crippen LogP contribution in [-0.2, 0) is 4.74 Å². The highest BCUT2D eigenvalue weighted by Crippen LogP contribution is 2.23. The second-order valence-corrected chi connectivity index (χ2v) is 12.0. The van der Waals surface area contributed by atoms with E-state index in [-0.39, 0.29) is 0 Å². The van der Waals surface area contributed by atoms with Crippen LogP contribution in [0.5, 0.6) is 0 Å². The molecule has 0 bridgehead atoms. The van der Waals surface area contributed by atoms with Crippen LogP contribution in [0.4, 0.5) is 0 Å². The van der Waals surface area contributed by atoms with Crippen molar-refractivity contribution in [3.63, 3.8) is 0 Å². The van der Waals surface area contributed by atoms with Crippen molar-refractivity contribution in [2.24, 2.45) is 11.8 Å². The highest BCUT2D eigenvalue weighted by Gasteiger charge is 2.21. The number of likely N-dealkylation sites (tertiary alicyclic amines) is 1. The Labute approximate surface area is 228 Å². The van der Waals surface area contributed by atoms with Crippen molar-refractivity contribution in [2.45, 2.75) is 162 Å². The molecule has 1 N–H and O–H groups in total. The van der Waals surface area contributed by atoms with Gasteiger partial charge in [0.05, 0.1) is 0 Å². The third kappa shape index (κ3) is 19.0. The summed E-state index contributed by atoms with van der Waals surface area (Å²) in [5.41, 5.74) is 0. The van der Waals surface area contributed by atoms with Crippen molar-refractivity contribution >= 4 is 0 Å². The van der Waals surface area contributed by atoms with Gasteiger partial charge in [-0.25, -0.2) is 0 Å². The molecule has 0 amide bonds. The molecule has 0 aromatic heterocycles. The van der Waals surface area contributed by atoms with Gasteiger partial charge in [-0.3, -0.25) is 0 Å². The molecule has 0 spiro atoms. The van der Waals surface area contributed by atoms with Crippen LogP contribution in [0.3, 0.4) is 0 Å². The van der Waals surface area contributed by atoms with E-state index in [1.54, 1.807) is 0 Å². The zero-order chi connectivity index (χ0) is 26.1. The van der Waals surface area contributed by atoms with Crippen molar-refractivity contribution in [3.05, 3.63) is 0 Å². The van der Waals surface area contributed by atoms with Crippen LogP contribution in [0, 0.1) is 11.8 Å². The van der Waals surface area contributed by atoms with E-state index in [1.807, 2.05) is 0 Å². The number of hydrogen-bond donors (Lipinski definition) is 1. The van der Waals surface area contributed by atoms with Crippen LogP contribution < -0.4 is 5.32 Å². The van der Waals surface area contributed by atoms with Crippen LogP contribution in [0.15, 0.2) is 0 Å². The van der Waals surface area contributed by atoms with Crippen LogP contribution in [-0.4, -0.2) is 50.3 Å². The minimum absolute atomic E-state index is 0.707. The predicted molar refractivity (Wildman–Crippen MR) is 161 cm³/mol. The normalized spacial score (nSPS) is 16.2. The molecular weight excluding hydrogens is 440 g/mol. The molecule has 3 heteroatoms. The summed E-state index contributed by atoms with van der Waals surface area (Å²) in [7, 11) is 0. The maximum absolute atomic E-state index is 6.12. The number of ether oxygens (including phenoxy) is 1. The van der Waals surface area contributed by atoms with Gasteiger partial charge in [-0.1, -0.05) is 111 Å². The number of hydrogen-bond acceptors (Lipinski definition) is 3. The summed E-state index contributed by atoms with van der Waals surface area (Å²) in [5.74, 6) is 1.72. The van der Waals surface area contributed by atoms with E-state index < -0.39 is 0 Å². The van der Waals surface area contributed by atoms with E-state index in [1.165, 1.54) is 142 Å². The molecule has 1 aliphatic rings. The van der Waals surface area contributed by atoms with Crippen molar-refractivity contribution < 1.29 is 4.74 Å². The Balaban J connectivity index is 2.11. The van der Waals surface area contributed by atoms with Crippen LogP contribution >= 0.6 is 0 Å². The quantitative estimate of drug-likeness (QED) is 0.118. The molecule has 1 saturated heterocycles. The first-order valence-electron chi connectivity index (χ1n) is 16.8. The molecule has 1 rings (SSSR count). The third-order valence-electron chi connectivity index (χ3n) is 8.56. The molecule has 1 atom stereocenters. The van der Waals surface area contributed by atoms with Gasteiger partial charge < -0.3 is 15.0 Å². The van der Waals surface area contributed by atoms with E-state index in [2.05, 4.69) is 37.9 Å². The molecule has 0 aliphatic carbocycles. The molecule has 0 aromatic carbocycles. The molecule has 3 nitrogen and oxygen atoms in total. The Bertz CT molecular complexity index is 423. The Morgan fingerprint density at radius 2 is 1.25 bits per heavy atom. The zero-order valence-corrected chi connectivity index (χ0v) is 25.5. The average molecular weight is 509 g/mol. The summed E-state index contributed by atoms with van der Waals surface area (Å²) < 4.78 is 6.12. The molecule has 1 unspecified atom stereocenters. The van der Waals surface area contributed by atoms with Crippen LogP contribution in [0.1, 0.15) is 156 Å². The number of nitrogens with one attached hydrogen (secondary N) is 1. The first-order chi connectivity index (χ1) is 17.7. The van der Waals surface area contributed by atoms with Crippen LogP contribution in [0.2, 0.25) is 0 Å². The smallest absolute Gasteiger partial charge is 0.0495 e. The number of nitrogens with zero attached hydrogens (tertiary/aromatic N) is 1. The monoisotopic (exact) mass is 509 g/mol. The van der Waals surface area contributed by atoms with Gasteiger partial charge in [0.15, 0.2) is 0 Å². The topological polar surface area (TPSA) is 24.5 Å². The molecule has 36 heavy (non-hydrogen) atoms. The fraction of sp³-hybridized carbons (Fsp3) is 1.00. The Kier molecular flexibility index (Phi) is 23.7. The van der Waals surface area contributed by atoms with Gasteiger partial charge in [0, 0.05) is 25.8 Å². The van der Waals surface area contributed by atoms with Gasteiger partial charge in [0.25, 0.3) is 0 Å². The van der Waals surface area contributed by atoms with Crippen molar-refractivity contribution in [1.29, 1.82) is 0 Å². The van der Waals surface area contributed by atoms with Gasteiger partial charge in [0.1, 0.15) is 0 Å². The minimum Gasteiger partial charge on any atom is -0.381 e. The highest BCUT2D eigenvalue weighted by molar-refractivity contribution is 4.75. The van der Waals surface area contributed by atoms with Gasteiger partial charge in [-0.05, 0) is 76.4 Å². The Hall–Kier alpha value is -0.120. The second kappa shape index (κ2) is 25.2. The molecule has 0 saturated carbocycles. The van der Waals surface area contributed by atoms with Crippen molar-refractivity contribution in [1.82, 2.24) is 10.2 Å². The first-order valence-corrected chi connectivity index (χ1v) is 16.8. The van der Waals surface area contributed by atoms with E-state index in [9.17, 15) is 0 Å².